The van der Waals surface area contributed by atoms with Crippen LogP contribution in [0.15, 0.2) is 61.1 Å². The Kier molecular flexibility index (Phi) is 4.98. The van der Waals surface area contributed by atoms with E-state index in [1.807, 2.05) is 43.5 Å². The van der Waals surface area contributed by atoms with E-state index in [0.29, 0.717) is 28.6 Å². The largest absolute Gasteiger partial charge is 0.497 e. The zero-order valence-electron chi connectivity index (χ0n) is 17.5. The van der Waals surface area contributed by atoms with Crippen molar-refractivity contribution < 1.29 is 9.13 Å². The molecule has 160 valence electrons. The van der Waals surface area contributed by atoms with Crippen LogP contribution >= 0.6 is 0 Å². The number of halogens is 1. The van der Waals surface area contributed by atoms with E-state index in [0.717, 1.165) is 22.6 Å². The van der Waals surface area contributed by atoms with Gasteiger partial charge in [0.05, 0.1) is 18.5 Å². The number of H-pyrrole nitrogens is 1. The van der Waals surface area contributed by atoms with Gasteiger partial charge in [-0.2, -0.15) is 5.10 Å². The number of methoxy groups -OCH3 is 1. The molecule has 32 heavy (non-hydrogen) atoms. The van der Waals surface area contributed by atoms with Crippen LogP contribution in [0.4, 0.5) is 10.3 Å². The topological polar surface area (TPSA) is 93.0 Å². The number of hydrogen-bond acceptors (Lipinski definition) is 6. The molecule has 8 nitrogen and oxygen atoms in total. The van der Waals surface area contributed by atoms with E-state index < -0.39 is 0 Å². The van der Waals surface area contributed by atoms with Crippen molar-refractivity contribution in [2.24, 2.45) is 0 Å². The molecule has 0 aliphatic carbocycles. The molecule has 0 amide bonds. The molecule has 0 saturated heterocycles. The molecule has 9 heteroatoms. The maximum Gasteiger partial charge on any atom is 0.201 e. The molecule has 0 atom stereocenters. The third kappa shape index (κ3) is 3.76. The highest BCUT2D eigenvalue weighted by Gasteiger charge is 2.17. The van der Waals surface area contributed by atoms with Gasteiger partial charge in [-0.25, -0.2) is 18.9 Å². The van der Waals surface area contributed by atoms with Crippen LogP contribution in [0.5, 0.6) is 5.75 Å². The third-order valence-electron chi connectivity index (χ3n) is 5.11. The lowest BCUT2D eigenvalue weighted by molar-refractivity contribution is 0.411. The molecule has 0 aliphatic heterocycles. The zero-order valence-corrected chi connectivity index (χ0v) is 17.5. The van der Waals surface area contributed by atoms with Crippen LogP contribution in [0.1, 0.15) is 11.3 Å². The summed E-state index contributed by atoms with van der Waals surface area (Å²) in [6.45, 7) is 2.19. The summed E-state index contributed by atoms with van der Waals surface area (Å²) in [5, 5.41) is 7.32. The fourth-order valence-corrected chi connectivity index (χ4v) is 3.47. The average Bonchev–Trinajstić information content (AvgIpc) is 3.44. The number of aromatic nitrogens is 6. The van der Waals surface area contributed by atoms with E-state index in [4.69, 9.17) is 9.72 Å². The van der Waals surface area contributed by atoms with Crippen molar-refractivity contribution in [3.05, 3.63) is 78.1 Å². The number of nitrogens with zero attached hydrogens (tertiary/aromatic N) is 5. The highest BCUT2D eigenvalue weighted by atomic mass is 19.1. The Labute approximate surface area is 183 Å². The highest BCUT2D eigenvalue weighted by Crippen LogP contribution is 2.31. The summed E-state index contributed by atoms with van der Waals surface area (Å²) in [5.41, 5.74) is 5.21. The number of hydrogen-bond donors (Lipinski definition) is 2. The van der Waals surface area contributed by atoms with Crippen LogP contribution in [-0.4, -0.2) is 36.7 Å². The van der Waals surface area contributed by atoms with E-state index in [2.05, 4.69) is 25.4 Å². The minimum Gasteiger partial charge on any atom is -0.497 e. The van der Waals surface area contributed by atoms with Crippen LogP contribution in [0.2, 0.25) is 0 Å². The number of aromatic amines is 1. The summed E-state index contributed by atoms with van der Waals surface area (Å²) in [4.78, 5) is 16.9. The Bertz CT molecular complexity index is 1410. The van der Waals surface area contributed by atoms with Crippen LogP contribution in [-0.2, 0) is 6.54 Å². The van der Waals surface area contributed by atoms with Gasteiger partial charge in [-0.05, 0) is 37.3 Å². The van der Waals surface area contributed by atoms with Gasteiger partial charge in [-0.3, -0.25) is 4.98 Å². The lowest BCUT2D eigenvalue weighted by atomic mass is 10.1. The Balaban J connectivity index is 1.52. The average molecular weight is 429 g/mol. The smallest absolute Gasteiger partial charge is 0.201 e. The monoisotopic (exact) mass is 429 g/mol. The first-order valence-electron chi connectivity index (χ1n) is 10.0. The second kappa shape index (κ2) is 8.10. The van der Waals surface area contributed by atoms with Gasteiger partial charge in [-0.15, -0.1) is 0 Å². The van der Waals surface area contributed by atoms with Gasteiger partial charge in [0.15, 0.2) is 5.65 Å². The van der Waals surface area contributed by atoms with Gasteiger partial charge in [0, 0.05) is 35.6 Å². The molecule has 0 aliphatic rings. The lowest BCUT2D eigenvalue weighted by Gasteiger charge is -2.06. The first kappa shape index (κ1) is 19.7. The number of aryl methyl sites for hydroxylation is 1. The van der Waals surface area contributed by atoms with Gasteiger partial charge in [0.1, 0.15) is 23.6 Å². The number of imidazole rings is 1. The van der Waals surface area contributed by atoms with Crippen LogP contribution in [0.3, 0.4) is 0 Å². The van der Waals surface area contributed by atoms with Crippen molar-refractivity contribution in [1.82, 2.24) is 29.5 Å². The number of rotatable bonds is 6. The molecule has 0 bridgehead atoms. The van der Waals surface area contributed by atoms with E-state index in [1.165, 1.54) is 19.5 Å². The molecule has 5 rings (SSSR count). The lowest BCUT2D eigenvalue weighted by Crippen LogP contribution is -2.03. The van der Waals surface area contributed by atoms with Crippen LogP contribution in [0, 0.1) is 12.7 Å². The van der Waals surface area contributed by atoms with Crippen molar-refractivity contribution >= 4 is 11.6 Å². The van der Waals surface area contributed by atoms with E-state index in [-0.39, 0.29) is 12.4 Å². The molecule has 1 aromatic carbocycles. The van der Waals surface area contributed by atoms with Crippen molar-refractivity contribution in [1.29, 1.82) is 0 Å². The number of ether oxygens (including phenoxy) is 1. The second-order valence-electron chi connectivity index (χ2n) is 7.26. The van der Waals surface area contributed by atoms with Crippen molar-refractivity contribution in [2.75, 3.05) is 12.4 Å². The molecule has 4 heterocycles. The standard InChI is InChI=1S/C23H20FN7O/c1-14-4-3-5-19(28-14)22-21(15-8-9-31-20(10-15)26-13-27-31)29-23(30-22)25-12-16-6-7-17(32-2)11-18(16)24/h3-11,13H,12H2,1-2H3,(H2,25,29,30). The van der Waals surface area contributed by atoms with Gasteiger partial charge in [0.2, 0.25) is 5.95 Å². The first-order valence-corrected chi connectivity index (χ1v) is 10.0. The summed E-state index contributed by atoms with van der Waals surface area (Å²) < 4.78 is 21.1. The molecule has 0 saturated carbocycles. The fraction of sp³-hybridized carbons (Fsp3) is 0.130. The molecule has 5 aromatic rings. The van der Waals surface area contributed by atoms with Crippen molar-refractivity contribution in [3.63, 3.8) is 0 Å². The third-order valence-corrected chi connectivity index (χ3v) is 5.11. The predicted molar refractivity (Wildman–Crippen MR) is 119 cm³/mol. The Hall–Kier alpha value is -4.27. The second-order valence-corrected chi connectivity index (χ2v) is 7.26. The Morgan fingerprint density at radius 1 is 1.12 bits per heavy atom. The van der Waals surface area contributed by atoms with Crippen LogP contribution < -0.4 is 10.1 Å². The Morgan fingerprint density at radius 2 is 2.03 bits per heavy atom. The SMILES string of the molecule is COc1ccc(CNc2nc(-c3ccn4ncnc4c3)c(-c3cccc(C)n3)[nH]2)c(F)c1. The maximum absolute atomic E-state index is 14.3. The number of fused-ring (bicyclic) bond motifs is 1. The summed E-state index contributed by atoms with van der Waals surface area (Å²) >= 11 is 0. The highest BCUT2D eigenvalue weighted by molar-refractivity contribution is 5.79. The molecule has 0 spiro atoms. The molecule has 4 aromatic heterocycles. The summed E-state index contributed by atoms with van der Waals surface area (Å²) in [6, 6.07) is 14.4. The van der Waals surface area contributed by atoms with Crippen molar-refractivity contribution in [3.8, 4) is 28.4 Å². The van der Waals surface area contributed by atoms with Gasteiger partial charge < -0.3 is 15.0 Å². The Morgan fingerprint density at radius 3 is 2.84 bits per heavy atom. The molecule has 0 radical (unpaired) electrons. The number of benzene rings is 1. The molecule has 0 unspecified atom stereocenters. The summed E-state index contributed by atoms with van der Waals surface area (Å²) in [5.74, 6) is 0.638. The minimum atomic E-state index is -0.346. The van der Waals surface area contributed by atoms with Gasteiger partial charge in [0.25, 0.3) is 0 Å². The van der Waals surface area contributed by atoms with Crippen molar-refractivity contribution in [2.45, 2.75) is 13.5 Å². The van der Waals surface area contributed by atoms with E-state index in [1.54, 1.807) is 16.6 Å². The molecular formula is C23H20FN7O. The zero-order chi connectivity index (χ0) is 22.1. The van der Waals surface area contributed by atoms with E-state index >= 15 is 0 Å². The molecular weight excluding hydrogens is 409 g/mol. The number of anilines is 1. The fourth-order valence-electron chi connectivity index (χ4n) is 3.47. The van der Waals surface area contributed by atoms with Gasteiger partial charge in [-0.1, -0.05) is 12.1 Å². The number of pyridine rings is 2. The molecule has 0 fully saturated rings. The molecule has 2 N–H and O–H groups in total. The normalized spacial score (nSPS) is 11.1. The summed E-state index contributed by atoms with van der Waals surface area (Å²) in [7, 11) is 1.51. The number of nitrogens with one attached hydrogen (secondary N) is 2. The predicted octanol–water partition coefficient (Wildman–Crippen LogP) is 4.25. The first-order chi connectivity index (χ1) is 15.6. The summed E-state index contributed by atoms with van der Waals surface area (Å²) in [6.07, 6.45) is 3.34. The minimum absolute atomic E-state index is 0.257. The van der Waals surface area contributed by atoms with Crippen LogP contribution in [0.25, 0.3) is 28.3 Å². The quantitative estimate of drug-likeness (QED) is 0.419. The maximum atomic E-state index is 14.3. The van der Waals surface area contributed by atoms with E-state index in [9.17, 15) is 4.39 Å². The van der Waals surface area contributed by atoms with Gasteiger partial charge >= 0.3 is 0 Å².